The number of anilines is 1. The van der Waals surface area contributed by atoms with Crippen LogP contribution >= 0.6 is 34.5 Å². The third-order valence-electron chi connectivity index (χ3n) is 5.46. The average Bonchev–Trinajstić information content (AvgIpc) is 3.25. The molecule has 0 N–H and O–H groups in total. The molecule has 0 unspecified atom stereocenters. The minimum Gasteiger partial charge on any atom is -0.369 e. The van der Waals surface area contributed by atoms with Crippen LogP contribution in [-0.4, -0.2) is 70.7 Å². The standard InChI is InChI=1S/C18H20Cl2N2O4S3/c19-13-2-1-3-14(10-13)21-6-8-22(9-7-21)15-11-28(23,24)12-16(15)29(25,26)18-5-4-17(20)27-18/h1-5,10,15-16H,6-9,11-12H2/t15-,16-/m0/s1. The van der Waals surface area contributed by atoms with Crippen LogP contribution in [0.15, 0.2) is 40.6 Å². The fourth-order valence-corrected chi connectivity index (χ4v) is 10.7. The Morgan fingerprint density at radius 3 is 2.34 bits per heavy atom. The third-order valence-corrected chi connectivity index (χ3v) is 11.6. The highest BCUT2D eigenvalue weighted by Crippen LogP contribution is 2.34. The highest BCUT2D eigenvalue weighted by Gasteiger charge is 2.49. The molecule has 1 aromatic carbocycles. The molecular formula is C18H20Cl2N2O4S3. The maximum absolute atomic E-state index is 13.1. The zero-order valence-electron chi connectivity index (χ0n) is 15.4. The molecule has 0 spiro atoms. The zero-order valence-corrected chi connectivity index (χ0v) is 19.3. The number of halogens is 2. The highest BCUT2D eigenvalue weighted by molar-refractivity contribution is 7.97. The molecule has 2 saturated heterocycles. The lowest BCUT2D eigenvalue weighted by Crippen LogP contribution is -2.54. The second-order valence-electron chi connectivity index (χ2n) is 7.29. The van der Waals surface area contributed by atoms with E-state index < -0.39 is 31.0 Å². The maximum Gasteiger partial charge on any atom is 0.193 e. The molecule has 2 aliphatic rings. The van der Waals surface area contributed by atoms with Gasteiger partial charge in [-0.25, -0.2) is 16.8 Å². The van der Waals surface area contributed by atoms with E-state index in [-0.39, 0.29) is 15.7 Å². The van der Waals surface area contributed by atoms with Gasteiger partial charge in [-0.3, -0.25) is 4.90 Å². The van der Waals surface area contributed by atoms with Crippen LogP contribution in [0.4, 0.5) is 5.69 Å². The van der Waals surface area contributed by atoms with Crippen LogP contribution in [0.3, 0.4) is 0 Å². The van der Waals surface area contributed by atoms with Crippen molar-refractivity contribution in [1.82, 2.24) is 4.90 Å². The predicted octanol–water partition coefficient (Wildman–Crippen LogP) is 2.82. The fourth-order valence-electron chi connectivity index (χ4n) is 4.02. The Bertz CT molecular complexity index is 1110. The lowest BCUT2D eigenvalue weighted by molar-refractivity contribution is 0.202. The highest BCUT2D eigenvalue weighted by atomic mass is 35.5. The number of nitrogens with zero attached hydrogens (tertiary/aromatic N) is 2. The van der Waals surface area contributed by atoms with Crippen molar-refractivity contribution in [3.8, 4) is 0 Å². The first-order valence-corrected chi connectivity index (χ1v) is 14.0. The Kier molecular flexibility index (Phi) is 5.91. The molecule has 1 aromatic heterocycles. The Hall–Kier alpha value is -0.840. The topological polar surface area (TPSA) is 74.8 Å². The molecule has 6 nitrogen and oxygen atoms in total. The monoisotopic (exact) mass is 494 g/mol. The molecule has 2 fully saturated rings. The van der Waals surface area contributed by atoms with Crippen LogP contribution in [0, 0.1) is 0 Å². The smallest absolute Gasteiger partial charge is 0.193 e. The molecule has 29 heavy (non-hydrogen) atoms. The summed E-state index contributed by atoms with van der Waals surface area (Å²) < 4.78 is 51.5. The van der Waals surface area contributed by atoms with Gasteiger partial charge in [0.05, 0.1) is 21.1 Å². The largest absolute Gasteiger partial charge is 0.369 e. The average molecular weight is 495 g/mol. The van der Waals surface area contributed by atoms with E-state index in [0.717, 1.165) is 17.0 Å². The minimum absolute atomic E-state index is 0.132. The van der Waals surface area contributed by atoms with Gasteiger partial charge in [0.1, 0.15) is 4.21 Å². The molecule has 0 radical (unpaired) electrons. The first-order chi connectivity index (χ1) is 13.7. The third kappa shape index (κ3) is 4.45. The molecule has 2 aliphatic heterocycles. The van der Waals surface area contributed by atoms with E-state index in [0.29, 0.717) is 35.5 Å². The summed E-state index contributed by atoms with van der Waals surface area (Å²) in [5.41, 5.74) is 1.01. The number of sulfone groups is 2. The Labute approximate surface area is 184 Å². The van der Waals surface area contributed by atoms with Gasteiger partial charge in [0, 0.05) is 42.9 Å². The van der Waals surface area contributed by atoms with E-state index in [1.54, 1.807) is 0 Å². The van der Waals surface area contributed by atoms with Crippen molar-refractivity contribution in [2.75, 3.05) is 42.6 Å². The molecule has 0 bridgehead atoms. The Balaban J connectivity index is 1.54. The van der Waals surface area contributed by atoms with Crippen molar-refractivity contribution in [2.24, 2.45) is 0 Å². The second kappa shape index (κ2) is 8.01. The molecule has 3 heterocycles. The van der Waals surface area contributed by atoms with Gasteiger partial charge in [0.25, 0.3) is 0 Å². The maximum atomic E-state index is 13.1. The molecule has 2 aromatic rings. The van der Waals surface area contributed by atoms with Gasteiger partial charge in [-0.1, -0.05) is 29.3 Å². The molecule has 0 aliphatic carbocycles. The van der Waals surface area contributed by atoms with Gasteiger partial charge in [-0.2, -0.15) is 0 Å². The van der Waals surface area contributed by atoms with Crippen LogP contribution in [0.1, 0.15) is 0 Å². The van der Waals surface area contributed by atoms with E-state index in [4.69, 9.17) is 23.2 Å². The first-order valence-electron chi connectivity index (χ1n) is 9.10. The summed E-state index contributed by atoms with van der Waals surface area (Å²) in [6, 6.07) is 10.0. The Morgan fingerprint density at radius 1 is 1.00 bits per heavy atom. The Morgan fingerprint density at radius 2 is 1.72 bits per heavy atom. The summed E-state index contributed by atoms with van der Waals surface area (Å²) in [5.74, 6) is -0.475. The van der Waals surface area contributed by atoms with Crippen LogP contribution in [0.2, 0.25) is 9.36 Å². The van der Waals surface area contributed by atoms with E-state index in [9.17, 15) is 16.8 Å². The van der Waals surface area contributed by atoms with Gasteiger partial charge in [-0.05, 0) is 30.3 Å². The molecule has 0 amide bonds. The van der Waals surface area contributed by atoms with Gasteiger partial charge in [-0.15, -0.1) is 11.3 Å². The van der Waals surface area contributed by atoms with Crippen LogP contribution in [-0.2, 0) is 19.7 Å². The summed E-state index contributed by atoms with van der Waals surface area (Å²) in [6.07, 6.45) is 0. The molecule has 2 atom stereocenters. The van der Waals surface area contributed by atoms with Crippen LogP contribution < -0.4 is 4.90 Å². The van der Waals surface area contributed by atoms with Gasteiger partial charge >= 0.3 is 0 Å². The lowest BCUT2D eigenvalue weighted by atomic mass is 10.1. The second-order valence-corrected chi connectivity index (χ2v) is 14.0. The van der Waals surface area contributed by atoms with Gasteiger partial charge in [0.2, 0.25) is 0 Å². The number of rotatable bonds is 4. The summed E-state index contributed by atoms with van der Waals surface area (Å²) in [5, 5.41) is -0.312. The van der Waals surface area contributed by atoms with Crippen molar-refractivity contribution >= 4 is 59.9 Å². The molecular weight excluding hydrogens is 475 g/mol. The predicted molar refractivity (Wildman–Crippen MR) is 118 cm³/mol. The van der Waals surface area contributed by atoms with Crippen molar-refractivity contribution < 1.29 is 16.8 Å². The number of benzene rings is 1. The molecule has 4 rings (SSSR count). The quantitative estimate of drug-likeness (QED) is 0.650. The summed E-state index contributed by atoms with van der Waals surface area (Å²) >= 11 is 13.0. The lowest BCUT2D eigenvalue weighted by Gasteiger charge is -2.40. The zero-order chi connectivity index (χ0) is 20.8. The van der Waals surface area contributed by atoms with Crippen molar-refractivity contribution in [3.63, 3.8) is 0 Å². The van der Waals surface area contributed by atoms with Crippen molar-refractivity contribution in [1.29, 1.82) is 0 Å². The summed E-state index contributed by atoms with van der Waals surface area (Å²) in [7, 11) is -7.21. The SMILES string of the molecule is O=S1(=O)C[C@H](N2CCN(c3cccc(Cl)c3)CC2)[C@@H](S(=O)(=O)c2ccc(Cl)s2)C1. The molecule has 0 saturated carbocycles. The van der Waals surface area contributed by atoms with Crippen molar-refractivity contribution in [2.45, 2.75) is 15.5 Å². The van der Waals surface area contributed by atoms with E-state index in [2.05, 4.69) is 4.90 Å². The number of thiophene rings is 1. The first kappa shape index (κ1) is 21.4. The van der Waals surface area contributed by atoms with Crippen LogP contribution in [0.25, 0.3) is 0 Å². The number of piperazine rings is 1. The van der Waals surface area contributed by atoms with E-state index in [1.807, 2.05) is 29.2 Å². The van der Waals surface area contributed by atoms with Crippen LogP contribution in [0.5, 0.6) is 0 Å². The summed E-state index contributed by atoms with van der Waals surface area (Å²) in [4.78, 5) is 4.18. The van der Waals surface area contributed by atoms with E-state index in [1.165, 1.54) is 12.1 Å². The minimum atomic E-state index is -3.78. The van der Waals surface area contributed by atoms with Crippen molar-refractivity contribution in [3.05, 3.63) is 45.8 Å². The van der Waals surface area contributed by atoms with Gasteiger partial charge < -0.3 is 4.90 Å². The number of hydrogen-bond acceptors (Lipinski definition) is 7. The molecule has 158 valence electrons. The normalized spacial score (nSPS) is 25.4. The summed E-state index contributed by atoms with van der Waals surface area (Å²) in [6.45, 7) is 2.52. The number of hydrogen-bond donors (Lipinski definition) is 0. The fraction of sp³-hybridized carbons (Fsp3) is 0.444. The molecule has 11 heteroatoms. The van der Waals surface area contributed by atoms with Gasteiger partial charge in [0.15, 0.2) is 19.7 Å². The van der Waals surface area contributed by atoms with E-state index >= 15 is 0 Å².